The Labute approximate surface area is 73.7 Å². The maximum Gasteiger partial charge on any atom is 0.321 e. The molecule has 0 aromatic carbocycles. The minimum absolute atomic E-state index is 0.109. The molecule has 11 heavy (non-hydrogen) atoms. The SMILES string of the molecule is O=C(CCl)O[CH]c1cccs1. The van der Waals surface area contributed by atoms with Gasteiger partial charge in [0.2, 0.25) is 0 Å². The van der Waals surface area contributed by atoms with Crippen LogP contribution in [0, 0.1) is 6.61 Å². The molecular weight excluding hydrogens is 184 g/mol. The van der Waals surface area contributed by atoms with Crippen LogP contribution < -0.4 is 0 Å². The predicted octanol–water partition coefficient (Wildman–Crippen LogP) is 2.04. The number of thiophene rings is 1. The van der Waals surface area contributed by atoms with Gasteiger partial charge in [0.1, 0.15) is 5.88 Å². The zero-order chi connectivity index (χ0) is 8.10. The summed E-state index contributed by atoms with van der Waals surface area (Å²) >= 11 is 6.70. The van der Waals surface area contributed by atoms with Gasteiger partial charge in [-0.05, 0) is 11.4 Å². The summed E-state index contributed by atoms with van der Waals surface area (Å²) in [6.45, 7) is 1.40. The van der Waals surface area contributed by atoms with Crippen molar-refractivity contribution >= 4 is 28.9 Å². The van der Waals surface area contributed by atoms with Gasteiger partial charge >= 0.3 is 5.97 Å². The Balaban J connectivity index is 2.29. The largest absolute Gasteiger partial charge is 0.451 e. The van der Waals surface area contributed by atoms with E-state index >= 15 is 0 Å². The van der Waals surface area contributed by atoms with Crippen molar-refractivity contribution < 1.29 is 9.53 Å². The van der Waals surface area contributed by atoms with Crippen molar-refractivity contribution in [3.8, 4) is 0 Å². The minimum Gasteiger partial charge on any atom is -0.451 e. The highest BCUT2D eigenvalue weighted by atomic mass is 35.5. The van der Waals surface area contributed by atoms with Gasteiger partial charge < -0.3 is 4.74 Å². The van der Waals surface area contributed by atoms with Crippen molar-refractivity contribution in [2.24, 2.45) is 0 Å². The monoisotopic (exact) mass is 189 g/mol. The van der Waals surface area contributed by atoms with Gasteiger partial charge in [0.15, 0.2) is 6.61 Å². The molecule has 4 heteroatoms. The number of carbonyl (C=O) groups is 1. The normalized spacial score (nSPS) is 9.55. The Morgan fingerprint density at radius 1 is 1.82 bits per heavy atom. The summed E-state index contributed by atoms with van der Waals surface area (Å²) in [7, 11) is 0. The van der Waals surface area contributed by atoms with Crippen molar-refractivity contribution in [2.45, 2.75) is 0 Å². The van der Waals surface area contributed by atoms with Crippen LogP contribution in [0.4, 0.5) is 0 Å². The molecule has 2 nitrogen and oxygen atoms in total. The maximum absolute atomic E-state index is 10.5. The van der Waals surface area contributed by atoms with Crippen LogP contribution in [-0.4, -0.2) is 11.8 Å². The van der Waals surface area contributed by atoms with Crippen LogP contribution in [-0.2, 0) is 9.53 Å². The van der Waals surface area contributed by atoms with Crippen LogP contribution in [0.25, 0.3) is 0 Å². The number of hydrogen-bond acceptors (Lipinski definition) is 3. The first-order valence-corrected chi connectivity index (χ1v) is 4.36. The van der Waals surface area contributed by atoms with E-state index < -0.39 is 5.97 Å². The average Bonchev–Trinajstić information content (AvgIpc) is 2.52. The summed E-state index contributed by atoms with van der Waals surface area (Å²) in [5, 5.41) is 1.90. The van der Waals surface area contributed by atoms with Crippen molar-refractivity contribution in [1.29, 1.82) is 0 Å². The van der Waals surface area contributed by atoms with Crippen LogP contribution in [0.5, 0.6) is 0 Å². The molecule has 0 fully saturated rings. The fourth-order valence-corrected chi connectivity index (χ4v) is 1.15. The standard InChI is InChI=1S/C7H6ClO2S/c8-4-7(9)10-5-6-2-1-3-11-6/h1-3,5H,4H2. The van der Waals surface area contributed by atoms with E-state index in [4.69, 9.17) is 11.6 Å². The van der Waals surface area contributed by atoms with E-state index in [1.54, 1.807) is 0 Å². The molecule has 0 amide bonds. The molecular formula is C7H6ClO2S. The van der Waals surface area contributed by atoms with E-state index in [0.29, 0.717) is 0 Å². The zero-order valence-electron chi connectivity index (χ0n) is 5.62. The lowest BCUT2D eigenvalue weighted by molar-refractivity contribution is -0.136. The summed E-state index contributed by atoms with van der Waals surface area (Å²) in [6.07, 6.45) is 0. The Hall–Kier alpha value is -0.540. The number of esters is 1. The van der Waals surface area contributed by atoms with Crippen LogP contribution in [0.2, 0.25) is 0 Å². The minimum atomic E-state index is -0.430. The quantitative estimate of drug-likeness (QED) is 0.537. The van der Waals surface area contributed by atoms with Crippen molar-refractivity contribution in [3.05, 3.63) is 29.0 Å². The zero-order valence-corrected chi connectivity index (χ0v) is 7.19. The predicted molar refractivity (Wildman–Crippen MR) is 44.5 cm³/mol. The lowest BCUT2D eigenvalue weighted by Crippen LogP contribution is -2.02. The van der Waals surface area contributed by atoms with Gasteiger partial charge in [-0.2, -0.15) is 0 Å². The molecule has 0 aliphatic carbocycles. The van der Waals surface area contributed by atoms with Gasteiger partial charge in [0.25, 0.3) is 0 Å². The van der Waals surface area contributed by atoms with Crippen LogP contribution in [0.1, 0.15) is 4.88 Å². The van der Waals surface area contributed by atoms with E-state index in [1.807, 2.05) is 17.5 Å². The molecule has 0 atom stereocenters. The van der Waals surface area contributed by atoms with E-state index in [0.717, 1.165) is 4.88 Å². The van der Waals surface area contributed by atoms with Gasteiger partial charge in [-0.3, -0.25) is 4.79 Å². The second kappa shape index (κ2) is 4.36. The Bertz CT molecular complexity index is 220. The highest BCUT2D eigenvalue weighted by Gasteiger charge is 2.01. The van der Waals surface area contributed by atoms with Gasteiger partial charge in [-0.25, -0.2) is 0 Å². The fraction of sp³-hybridized carbons (Fsp3) is 0.143. The van der Waals surface area contributed by atoms with Gasteiger partial charge in [-0.1, -0.05) is 6.07 Å². The number of rotatable bonds is 3. The van der Waals surface area contributed by atoms with Crippen molar-refractivity contribution in [1.82, 2.24) is 0 Å². The molecule has 0 N–H and O–H groups in total. The highest BCUT2D eigenvalue weighted by molar-refractivity contribution is 7.10. The second-order valence-corrected chi connectivity index (χ2v) is 3.00. The molecule has 0 saturated heterocycles. The molecule has 1 radical (unpaired) electrons. The third-order valence-electron chi connectivity index (χ3n) is 0.959. The number of alkyl halides is 1. The summed E-state index contributed by atoms with van der Waals surface area (Å²) in [4.78, 5) is 11.4. The topological polar surface area (TPSA) is 26.3 Å². The van der Waals surface area contributed by atoms with E-state index in [-0.39, 0.29) is 5.88 Å². The first-order chi connectivity index (χ1) is 5.33. The Kier molecular flexibility index (Phi) is 3.39. The number of hydrogen-bond donors (Lipinski definition) is 0. The first kappa shape index (κ1) is 8.56. The number of ether oxygens (including phenoxy) is 1. The second-order valence-electron chi connectivity index (χ2n) is 1.76. The molecule has 1 aromatic rings. The molecule has 0 aliphatic rings. The van der Waals surface area contributed by atoms with Gasteiger partial charge in [0, 0.05) is 4.88 Å². The van der Waals surface area contributed by atoms with Crippen molar-refractivity contribution in [3.63, 3.8) is 0 Å². The Morgan fingerprint density at radius 2 is 2.64 bits per heavy atom. The molecule has 1 heterocycles. The molecule has 0 spiro atoms. The molecule has 1 aromatic heterocycles. The molecule has 0 bridgehead atoms. The number of carbonyl (C=O) groups excluding carboxylic acids is 1. The van der Waals surface area contributed by atoms with Crippen LogP contribution >= 0.6 is 22.9 Å². The molecule has 59 valence electrons. The van der Waals surface area contributed by atoms with E-state index in [9.17, 15) is 4.79 Å². The van der Waals surface area contributed by atoms with E-state index in [1.165, 1.54) is 17.9 Å². The third-order valence-corrected chi connectivity index (χ3v) is 1.97. The van der Waals surface area contributed by atoms with Gasteiger partial charge in [-0.15, -0.1) is 22.9 Å². The van der Waals surface area contributed by atoms with Crippen molar-refractivity contribution in [2.75, 3.05) is 5.88 Å². The first-order valence-electron chi connectivity index (χ1n) is 2.95. The summed E-state index contributed by atoms with van der Waals surface area (Å²) in [5.74, 6) is -0.540. The van der Waals surface area contributed by atoms with Crippen LogP contribution in [0.15, 0.2) is 17.5 Å². The fourth-order valence-electron chi connectivity index (χ4n) is 0.514. The summed E-state index contributed by atoms with van der Waals surface area (Å²) in [6, 6.07) is 3.73. The van der Waals surface area contributed by atoms with E-state index in [2.05, 4.69) is 4.74 Å². The van der Waals surface area contributed by atoms with Crippen LogP contribution in [0.3, 0.4) is 0 Å². The molecule has 0 unspecified atom stereocenters. The highest BCUT2D eigenvalue weighted by Crippen LogP contribution is 2.11. The lowest BCUT2D eigenvalue weighted by Gasteiger charge is -1.96. The Morgan fingerprint density at radius 3 is 3.18 bits per heavy atom. The smallest absolute Gasteiger partial charge is 0.321 e. The average molecular weight is 190 g/mol. The lowest BCUT2D eigenvalue weighted by atomic mass is 10.5. The summed E-state index contributed by atoms with van der Waals surface area (Å²) in [5.41, 5.74) is 0. The van der Waals surface area contributed by atoms with Gasteiger partial charge in [0.05, 0.1) is 0 Å². The third kappa shape index (κ3) is 2.91. The molecule has 1 rings (SSSR count). The summed E-state index contributed by atoms with van der Waals surface area (Å²) < 4.78 is 4.65. The number of halogens is 1. The maximum atomic E-state index is 10.5. The molecule has 0 aliphatic heterocycles. The molecule has 0 saturated carbocycles.